The molecule has 0 amide bonds. The Hall–Kier alpha value is -1.44. The normalized spacial score (nSPS) is 23.5. The maximum Gasteiger partial charge on any atom is 0.335 e. The molecule has 1 aliphatic carbocycles. The minimum atomic E-state index is -3.63. The second kappa shape index (κ2) is 8.50. The molecule has 7 heteroatoms. The van der Waals surface area contributed by atoms with Gasteiger partial charge < -0.3 is 5.11 Å². The largest absolute Gasteiger partial charge is 0.478 e. The number of nitrogens with zero attached hydrogens (tertiary/aromatic N) is 1. The van der Waals surface area contributed by atoms with Crippen molar-refractivity contribution in [3.05, 3.63) is 29.8 Å². The molecule has 0 aromatic heterocycles. The molecule has 1 aromatic rings. The van der Waals surface area contributed by atoms with Crippen molar-refractivity contribution < 1.29 is 18.3 Å². The average molecular weight is 381 g/mol. The van der Waals surface area contributed by atoms with Crippen LogP contribution in [0.5, 0.6) is 0 Å². The average Bonchev–Trinajstić information content (AvgIpc) is 2.91. The fourth-order valence-corrected chi connectivity index (χ4v) is 5.38. The third-order valence-electron chi connectivity index (χ3n) is 5.53. The van der Waals surface area contributed by atoms with E-state index in [0.29, 0.717) is 6.04 Å². The summed E-state index contributed by atoms with van der Waals surface area (Å²) in [6.07, 6.45) is 9.45. The van der Waals surface area contributed by atoms with E-state index in [1.165, 1.54) is 62.8 Å². The van der Waals surface area contributed by atoms with Gasteiger partial charge in [-0.1, -0.05) is 25.7 Å². The fraction of sp³-hybridized carbons (Fsp3) is 0.632. The van der Waals surface area contributed by atoms with Crippen molar-refractivity contribution in [3.63, 3.8) is 0 Å². The highest BCUT2D eigenvalue weighted by Crippen LogP contribution is 2.25. The molecule has 6 nitrogen and oxygen atoms in total. The Morgan fingerprint density at radius 2 is 1.65 bits per heavy atom. The van der Waals surface area contributed by atoms with Gasteiger partial charge in [0.25, 0.3) is 0 Å². The maximum atomic E-state index is 12.6. The van der Waals surface area contributed by atoms with Gasteiger partial charge in [0, 0.05) is 18.6 Å². The SMILES string of the molecule is O=C(O)c1ccc(S(=O)(=O)NC2CCCN(C3CCCCCC3)C2)cc1. The molecule has 0 spiro atoms. The van der Waals surface area contributed by atoms with Crippen molar-refractivity contribution in [2.75, 3.05) is 13.1 Å². The van der Waals surface area contributed by atoms with Crippen LogP contribution in [0.2, 0.25) is 0 Å². The predicted molar refractivity (Wildman–Crippen MR) is 99.8 cm³/mol. The molecule has 0 bridgehead atoms. The Morgan fingerprint density at radius 1 is 1.00 bits per heavy atom. The van der Waals surface area contributed by atoms with Gasteiger partial charge in [-0.25, -0.2) is 17.9 Å². The summed E-state index contributed by atoms with van der Waals surface area (Å²) in [4.78, 5) is 13.5. The van der Waals surface area contributed by atoms with E-state index in [0.717, 1.165) is 25.9 Å². The number of aromatic carboxylic acids is 1. The van der Waals surface area contributed by atoms with Crippen molar-refractivity contribution in [1.82, 2.24) is 9.62 Å². The van der Waals surface area contributed by atoms with E-state index in [2.05, 4.69) is 9.62 Å². The number of carboxylic acid groups (broad SMARTS) is 1. The van der Waals surface area contributed by atoms with Crippen molar-refractivity contribution in [2.45, 2.75) is 68.3 Å². The lowest BCUT2D eigenvalue weighted by Crippen LogP contribution is -2.50. The first-order valence-corrected chi connectivity index (χ1v) is 11.0. The lowest BCUT2D eigenvalue weighted by atomic mass is 10.0. The molecular weight excluding hydrogens is 352 g/mol. The lowest BCUT2D eigenvalue weighted by molar-refractivity contribution is 0.0696. The van der Waals surface area contributed by atoms with E-state index < -0.39 is 16.0 Å². The van der Waals surface area contributed by atoms with Crippen LogP contribution in [0.4, 0.5) is 0 Å². The predicted octanol–water partition coefficient (Wildman–Crippen LogP) is 2.85. The number of nitrogens with one attached hydrogen (secondary N) is 1. The van der Waals surface area contributed by atoms with Gasteiger partial charge in [0.2, 0.25) is 10.0 Å². The standard InChI is InChI=1S/C19H28N2O4S/c22-19(23)15-9-11-18(12-10-15)26(24,25)20-16-6-5-13-21(14-16)17-7-3-1-2-4-8-17/h9-12,16-17,20H,1-8,13-14H2,(H,22,23). The van der Waals surface area contributed by atoms with Crippen LogP contribution in [0.1, 0.15) is 61.7 Å². The molecule has 1 saturated carbocycles. The summed E-state index contributed by atoms with van der Waals surface area (Å²) in [5, 5.41) is 8.94. The van der Waals surface area contributed by atoms with Gasteiger partial charge in [0.15, 0.2) is 0 Å². The van der Waals surface area contributed by atoms with Gasteiger partial charge in [-0.3, -0.25) is 4.90 Å². The van der Waals surface area contributed by atoms with E-state index in [9.17, 15) is 13.2 Å². The van der Waals surface area contributed by atoms with Crippen molar-refractivity contribution in [3.8, 4) is 0 Å². The molecule has 1 aromatic carbocycles. The lowest BCUT2D eigenvalue weighted by Gasteiger charge is -2.38. The Kier molecular flexibility index (Phi) is 6.32. The van der Waals surface area contributed by atoms with E-state index in [1.807, 2.05) is 0 Å². The molecule has 1 heterocycles. The van der Waals surface area contributed by atoms with Crippen molar-refractivity contribution in [1.29, 1.82) is 0 Å². The Labute approximate surface area is 155 Å². The molecule has 0 radical (unpaired) electrons. The number of rotatable bonds is 5. The highest BCUT2D eigenvalue weighted by Gasteiger charge is 2.29. The third-order valence-corrected chi connectivity index (χ3v) is 7.06. The van der Waals surface area contributed by atoms with E-state index in [4.69, 9.17) is 5.11 Å². The number of hydrogen-bond donors (Lipinski definition) is 2. The van der Waals surface area contributed by atoms with Crippen molar-refractivity contribution in [2.24, 2.45) is 0 Å². The molecule has 1 atom stereocenters. The van der Waals surface area contributed by atoms with Crippen LogP contribution in [0.25, 0.3) is 0 Å². The second-order valence-electron chi connectivity index (χ2n) is 7.43. The Balaban J connectivity index is 1.64. The summed E-state index contributed by atoms with van der Waals surface area (Å²) in [7, 11) is -3.63. The van der Waals surface area contributed by atoms with E-state index >= 15 is 0 Å². The first-order valence-electron chi connectivity index (χ1n) is 9.55. The van der Waals surface area contributed by atoms with E-state index in [1.54, 1.807) is 0 Å². The molecule has 1 aliphatic heterocycles. The molecule has 1 unspecified atom stereocenters. The van der Waals surface area contributed by atoms with Crippen LogP contribution in [-0.2, 0) is 10.0 Å². The summed E-state index contributed by atoms with van der Waals surface area (Å²) in [5.74, 6) is -1.06. The highest BCUT2D eigenvalue weighted by atomic mass is 32.2. The topological polar surface area (TPSA) is 86.7 Å². The summed E-state index contributed by atoms with van der Waals surface area (Å²) in [6, 6.07) is 5.87. The summed E-state index contributed by atoms with van der Waals surface area (Å²) < 4.78 is 28.1. The third kappa shape index (κ3) is 4.84. The second-order valence-corrected chi connectivity index (χ2v) is 9.14. The number of carboxylic acids is 1. The summed E-state index contributed by atoms with van der Waals surface area (Å²) in [6.45, 7) is 1.81. The quantitative estimate of drug-likeness (QED) is 0.767. The van der Waals surface area contributed by atoms with Crippen LogP contribution in [-0.4, -0.2) is 49.6 Å². The molecule has 2 N–H and O–H groups in total. The van der Waals surface area contributed by atoms with Gasteiger partial charge in [0.05, 0.1) is 10.5 Å². The molecule has 3 rings (SSSR count). The minimum absolute atomic E-state index is 0.0844. The van der Waals surface area contributed by atoms with Gasteiger partial charge in [-0.05, 0) is 56.5 Å². The number of likely N-dealkylation sites (tertiary alicyclic amines) is 1. The Morgan fingerprint density at radius 3 is 2.27 bits per heavy atom. The molecule has 2 aliphatic rings. The van der Waals surface area contributed by atoms with Crippen LogP contribution in [0.3, 0.4) is 0 Å². The zero-order valence-electron chi connectivity index (χ0n) is 15.1. The van der Waals surface area contributed by atoms with Gasteiger partial charge in [-0.15, -0.1) is 0 Å². The van der Waals surface area contributed by atoms with Gasteiger partial charge in [0.1, 0.15) is 0 Å². The van der Waals surface area contributed by atoms with E-state index in [-0.39, 0.29) is 16.5 Å². The van der Waals surface area contributed by atoms with Crippen LogP contribution in [0, 0.1) is 0 Å². The molecule has 144 valence electrons. The molecular formula is C19H28N2O4S. The number of piperidine rings is 1. The number of hydrogen-bond acceptors (Lipinski definition) is 4. The minimum Gasteiger partial charge on any atom is -0.478 e. The molecule has 2 fully saturated rings. The monoisotopic (exact) mass is 380 g/mol. The fourth-order valence-electron chi connectivity index (χ4n) is 4.12. The molecule has 1 saturated heterocycles. The number of carbonyl (C=O) groups is 1. The first-order chi connectivity index (χ1) is 12.5. The smallest absolute Gasteiger partial charge is 0.335 e. The maximum absolute atomic E-state index is 12.6. The number of sulfonamides is 1. The zero-order valence-corrected chi connectivity index (χ0v) is 15.9. The van der Waals surface area contributed by atoms with Crippen LogP contribution < -0.4 is 4.72 Å². The number of benzene rings is 1. The highest BCUT2D eigenvalue weighted by molar-refractivity contribution is 7.89. The van der Waals surface area contributed by atoms with Crippen LogP contribution in [0.15, 0.2) is 29.2 Å². The molecule has 26 heavy (non-hydrogen) atoms. The summed E-state index contributed by atoms with van der Waals surface area (Å²) >= 11 is 0. The van der Waals surface area contributed by atoms with Crippen LogP contribution >= 0.6 is 0 Å². The summed E-state index contributed by atoms with van der Waals surface area (Å²) in [5.41, 5.74) is 0.0844. The Bertz CT molecular complexity index is 710. The zero-order chi connectivity index (χ0) is 18.6. The van der Waals surface area contributed by atoms with Crippen molar-refractivity contribution >= 4 is 16.0 Å². The van der Waals surface area contributed by atoms with Gasteiger partial charge in [-0.2, -0.15) is 0 Å². The van der Waals surface area contributed by atoms with Gasteiger partial charge >= 0.3 is 5.97 Å². The first kappa shape index (κ1) is 19.3.